The summed E-state index contributed by atoms with van der Waals surface area (Å²) in [6.45, 7) is 15.1. The summed E-state index contributed by atoms with van der Waals surface area (Å²) in [4.78, 5) is 0. The third-order valence-corrected chi connectivity index (χ3v) is 2.65. The third kappa shape index (κ3) is 3.04. The Morgan fingerprint density at radius 3 is 1.25 bits per heavy atom. The van der Waals surface area contributed by atoms with Gasteiger partial charge in [0.05, 0.1) is 7.85 Å². The molecule has 0 aromatic heterocycles. The summed E-state index contributed by atoms with van der Waals surface area (Å²) in [5.74, 6) is 0. The summed E-state index contributed by atoms with van der Waals surface area (Å²) in [5.41, 5.74) is 2.94. The first-order valence-electron chi connectivity index (χ1n) is 4.54. The lowest BCUT2D eigenvalue weighted by molar-refractivity contribution is 0.491. The van der Waals surface area contributed by atoms with E-state index in [0.29, 0.717) is 0 Å². The Bertz CT molecular complexity index is 164. The van der Waals surface area contributed by atoms with Crippen LogP contribution in [0.2, 0.25) is 5.31 Å². The van der Waals surface area contributed by atoms with Gasteiger partial charge in [-0.25, -0.2) is 0 Å². The molecule has 12 heavy (non-hydrogen) atoms. The van der Waals surface area contributed by atoms with Crippen LogP contribution in [0.25, 0.3) is 0 Å². The molecule has 0 fully saturated rings. The zero-order chi connectivity index (χ0) is 10.2. The summed E-state index contributed by atoms with van der Waals surface area (Å²) < 4.78 is 0. The van der Waals surface area contributed by atoms with E-state index in [4.69, 9.17) is 7.85 Å². The van der Waals surface area contributed by atoms with E-state index < -0.39 is 0 Å². The van der Waals surface area contributed by atoms with Crippen LogP contribution in [0.1, 0.15) is 48.5 Å². The largest absolute Gasteiger partial charge is 0.0798 e. The van der Waals surface area contributed by atoms with Crippen LogP contribution in [0.15, 0.2) is 11.1 Å². The van der Waals surface area contributed by atoms with Gasteiger partial charge in [0.25, 0.3) is 0 Å². The van der Waals surface area contributed by atoms with Crippen LogP contribution in [0.4, 0.5) is 0 Å². The lowest BCUT2D eigenvalue weighted by Crippen LogP contribution is -2.14. The summed E-state index contributed by atoms with van der Waals surface area (Å²) >= 11 is 0. The highest BCUT2D eigenvalue weighted by atomic mass is 14.2. The van der Waals surface area contributed by atoms with Crippen LogP contribution in [0, 0.1) is 5.41 Å². The molecule has 68 valence electrons. The molecule has 2 radical (unpaired) electrons. The minimum absolute atomic E-state index is 0.183. The highest BCUT2D eigenvalue weighted by Gasteiger charge is 2.21. The van der Waals surface area contributed by atoms with E-state index in [-0.39, 0.29) is 10.7 Å². The topological polar surface area (TPSA) is 0 Å². The molecule has 1 heteroatoms. The summed E-state index contributed by atoms with van der Waals surface area (Å²) in [5, 5.41) is -0.183. The zero-order valence-electron chi connectivity index (χ0n) is 9.58. The summed E-state index contributed by atoms with van der Waals surface area (Å²) in [6, 6.07) is 0. The van der Waals surface area contributed by atoms with Gasteiger partial charge in [-0.05, 0) is 19.3 Å². The number of rotatable bonds is 1. The van der Waals surface area contributed by atoms with Gasteiger partial charge in [0, 0.05) is 0 Å². The number of hydrogen-bond acceptors (Lipinski definition) is 0. The average Bonchev–Trinajstić information content (AvgIpc) is 1.80. The second-order valence-electron chi connectivity index (χ2n) is 5.22. The molecular formula is C11H21B. The maximum Gasteiger partial charge on any atom is 0.0798 e. The highest BCUT2D eigenvalue weighted by molar-refractivity contribution is 6.16. The predicted octanol–water partition coefficient (Wildman–Crippen LogP) is 3.74. The number of hydrogen-bond donors (Lipinski definition) is 0. The molecule has 0 aromatic carbocycles. The second kappa shape index (κ2) is 3.28. The van der Waals surface area contributed by atoms with Crippen molar-refractivity contribution < 1.29 is 0 Å². The SMILES string of the molecule is [B]C(C)(C)/C(C)=C(\C)C(C)(C)C. The van der Waals surface area contributed by atoms with Gasteiger partial charge in [0.2, 0.25) is 0 Å². The fourth-order valence-corrected chi connectivity index (χ4v) is 1.05. The quantitative estimate of drug-likeness (QED) is 0.409. The van der Waals surface area contributed by atoms with Crippen molar-refractivity contribution in [3.8, 4) is 0 Å². The molecule has 0 bridgehead atoms. The predicted molar refractivity (Wildman–Crippen MR) is 57.6 cm³/mol. The Morgan fingerprint density at radius 1 is 0.833 bits per heavy atom. The fourth-order valence-electron chi connectivity index (χ4n) is 1.05. The molecule has 0 saturated heterocycles. The Kier molecular flexibility index (Phi) is 3.22. The molecule has 0 saturated carbocycles. The van der Waals surface area contributed by atoms with E-state index in [0.717, 1.165) is 0 Å². The lowest BCUT2D eigenvalue weighted by Gasteiger charge is -2.29. The van der Waals surface area contributed by atoms with Crippen molar-refractivity contribution in [2.24, 2.45) is 5.41 Å². The molecule has 0 unspecified atom stereocenters. The molecule has 0 nitrogen and oxygen atoms in total. The summed E-state index contributed by atoms with van der Waals surface area (Å²) in [6.07, 6.45) is 0. The van der Waals surface area contributed by atoms with Gasteiger partial charge >= 0.3 is 0 Å². The van der Waals surface area contributed by atoms with Gasteiger partial charge in [0.1, 0.15) is 0 Å². The molecule has 0 spiro atoms. The Labute approximate surface area is 78.9 Å². The van der Waals surface area contributed by atoms with Crippen molar-refractivity contribution >= 4 is 7.85 Å². The normalized spacial score (nSPS) is 15.9. The second-order valence-corrected chi connectivity index (χ2v) is 5.22. The van der Waals surface area contributed by atoms with Crippen molar-refractivity contribution in [2.45, 2.75) is 53.8 Å². The first-order valence-corrected chi connectivity index (χ1v) is 4.54. The van der Waals surface area contributed by atoms with E-state index in [1.807, 2.05) is 0 Å². The van der Waals surface area contributed by atoms with Crippen LogP contribution < -0.4 is 0 Å². The van der Waals surface area contributed by atoms with Gasteiger partial charge in [0.15, 0.2) is 0 Å². The van der Waals surface area contributed by atoms with Crippen LogP contribution in [0.3, 0.4) is 0 Å². The molecule has 0 rings (SSSR count). The van der Waals surface area contributed by atoms with Crippen LogP contribution >= 0.6 is 0 Å². The molecule has 0 N–H and O–H groups in total. The first kappa shape index (κ1) is 11.8. The van der Waals surface area contributed by atoms with E-state index in [2.05, 4.69) is 48.5 Å². The van der Waals surface area contributed by atoms with E-state index >= 15 is 0 Å². The van der Waals surface area contributed by atoms with Gasteiger partial charge in [-0.1, -0.05) is 51.1 Å². The standard InChI is InChI=1S/C11H21B/c1-8(10(3,4)5)9(2)11(6,7)12/h1-7H3/b9-8+. The molecule has 0 aliphatic carbocycles. The van der Waals surface area contributed by atoms with Gasteiger partial charge < -0.3 is 0 Å². The van der Waals surface area contributed by atoms with Crippen LogP contribution in [-0.2, 0) is 0 Å². The fraction of sp³-hybridized carbons (Fsp3) is 0.818. The average molecular weight is 164 g/mol. The molecule has 0 aliphatic rings. The van der Waals surface area contributed by atoms with Gasteiger partial charge in [-0.3, -0.25) is 0 Å². The molecule has 0 aliphatic heterocycles. The maximum atomic E-state index is 6.02. The van der Waals surface area contributed by atoms with E-state index in [9.17, 15) is 0 Å². The monoisotopic (exact) mass is 164 g/mol. The van der Waals surface area contributed by atoms with Crippen molar-refractivity contribution in [2.75, 3.05) is 0 Å². The zero-order valence-corrected chi connectivity index (χ0v) is 9.58. The Morgan fingerprint density at radius 2 is 1.17 bits per heavy atom. The Balaban J connectivity index is 4.96. The van der Waals surface area contributed by atoms with Crippen molar-refractivity contribution in [3.05, 3.63) is 11.1 Å². The third-order valence-electron chi connectivity index (χ3n) is 2.65. The van der Waals surface area contributed by atoms with Crippen molar-refractivity contribution in [1.29, 1.82) is 0 Å². The van der Waals surface area contributed by atoms with Gasteiger partial charge in [-0.15, -0.1) is 0 Å². The van der Waals surface area contributed by atoms with E-state index in [1.54, 1.807) is 0 Å². The lowest BCUT2D eigenvalue weighted by atomic mass is 9.64. The van der Waals surface area contributed by atoms with Crippen molar-refractivity contribution in [3.63, 3.8) is 0 Å². The minimum atomic E-state index is -0.183. The molecule has 0 atom stereocenters. The Hall–Kier alpha value is -0.195. The van der Waals surface area contributed by atoms with Gasteiger partial charge in [-0.2, -0.15) is 0 Å². The smallest absolute Gasteiger partial charge is 0.0769 e. The van der Waals surface area contributed by atoms with Crippen LogP contribution in [-0.4, -0.2) is 7.85 Å². The van der Waals surface area contributed by atoms with Crippen LogP contribution in [0.5, 0.6) is 0 Å². The molecule has 0 amide bonds. The molecule has 0 heterocycles. The minimum Gasteiger partial charge on any atom is -0.0769 e. The maximum absolute atomic E-state index is 6.02. The number of allylic oxidation sites excluding steroid dienone is 2. The van der Waals surface area contributed by atoms with E-state index in [1.165, 1.54) is 11.1 Å². The van der Waals surface area contributed by atoms with Crippen molar-refractivity contribution in [1.82, 2.24) is 0 Å². The first-order chi connectivity index (χ1) is 5.07. The molecular weight excluding hydrogens is 143 g/mol. The summed E-state index contributed by atoms with van der Waals surface area (Å²) in [7, 11) is 6.02. The highest BCUT2D eigenvalue weighted by Crippen LogP contribution is 2.37. The molecule has 0 aromatic rings.